The molecule has 80 valence electrons. The molecule has 1 unspecified atom stereocenters. The minimum Gasteiger partial charge on any atom is -0.493 e. The van der Waals surface area contributed by atoms with Gasteiger partial charge in [-0.2, -0.15) is 0 Å². The average molecular weight is 205 g/mol. The zero-order valence-corrected chi connectivity index (χ0v) is 8.88. The van der Waals surface area contributed by atoms with E-state index in [1.54, 1.807) is 7.11 Å². The summed E-state index contributed by atoms with van der Waals surface area (Å²) >= 11 is 0. The van der Waals surface area contributed by atoms with Crippen LogP contribution in [0.1, 0.15) is 12.0 Å². The molecule has 1 fully saturated rings. The van der Waals surface area contributed by atoms with Crippen LogP contribution in [-0.4, -0.2) is 25.8 Å². The van der Waals surface area contributed by atoms with Crippen molar-refractivity contribution in [1.29, 1.82) is 0 Å². The predicted molar refractivity (Wildman–Crippen MR) is 57.5 cm³/mol. The molecule has 1 aromatic rings. The van der Waals surface area contributed by atoms with E-state index in [2.05, 4.69) is 11.4 Å². The second kappa shape index (κ2) is 3.14. The van der Waals surface area contributed by atoms with Gasteiger partial charge in [-0.15, -0.1) is 0 Å². The van der Waals surface area contributed by atoms with Gasteiger partial charge in [0.2, 0.25) is 0 Å². The van der Waals surface area contributed by atoms with E-state index in [0.717, 1.165) is 37.4 Å². The van der Waals surface area contributed by atoms with E-state index >= 15 is 0 Å². The first-order valence-corrected chi connectivity index (χ1v) is 5.39. The summed E-state index contributed by atoms with van der Waals surface area (Å²) < 4.78 is 11.4. The molecular formula is C12H15NO2. The molecule has 0 saturated carbocycles. The lowest BCUT2D eigenvalue weighted by molar-refractivity contribution is 0.114. The fraction of sp³-hybridized carbons (Fsp3) is 0.500. The number of nitrogens with one attached hydrogen (secondary N) is 1. The Morgan fingerprint density at radius 2 is 2.40 bits per heavy atom. The third kappa shape index (κ3) is 1.30. The number of ether oxygens (including phenoxy) is 2. The van der Waals surface area contributed by atoms with E-state index < -0.39 is 0 Å². The van der Waals surface area contributed by atoms with Crippen LogP contribution in [0.15, 0.2) is 18.2 Å². The number of benzene rings is 1. The summed E-state index contributed by atoms with van der Waals surface area (Å²) in [7, 11) is 1.69. The molecule has 2 aliphatic heterocycles. The van der Waals surface area contributed by atoms with Gasteiger partial charge in [-0.3, -0.25) is 0 Å². The molecule has 1 saturated heterocycles. The van der Waals surface area contributed by atoms with Crippen molar-refractivity contribution in [3.8, 4) is 11.5 Å². The van der Waals surface area contributed by atoms with Crippen molar-refractivity contribution >= 4 is 0 Å². The molecule has 1 spiro atoms. The molecule has 1 aromatic carbocycles. The first-order chi connectivity index (χ1) is 7.33. The predicted octanol–water partition coefficient (Wildman–Crippen LogP) is 1.36. The minimum absolute atomic E-state index is 0.00301. The topological polar surface area (TPSA) is 30.5 Å². The Morgan fingerprint density at radius 1 is 1.47 bits per heavy atom. The maximum Gasteiger partial charge on any atom is 0.165 e. The van der Waals surface area contributed by atoms with E-state index in [-0.39, 0.29) is 5.60 Å². The van der Waals surface area contributed by atoms with Crippen molar-refractivity contribution in [2.45, 2.75) is 18.4 Å². The number of hydrogen-bond acceptors (Lipinski definition) is 3. The van der Waals surface area contributed by atoms with Gasteiger partial charge < -0.3 is 14.8 Å². The molecule has 0 amide bonds. The summed E-state index contributed by atoms with van der Waals surface area (Å²) in [5.74, 6) is 1.81. The van der Waals surface area contributed by atoms with Crippen LogP contribution >= 0.6 is 0 Å². The van der Waals surface area contributed by atoms with Gasteiger partial charge in [0.05, 0.1) is 7.11 Å². The second-order valence-electron chi connectivity index (χ2n) is 4.34. The summed E-state index contributed by atoms with van der Waals surface area (Å²) in [6.07, 6.45) is 2.09. The zero-order chi connectivity index (χ0) is 10.3. The lowest BCUT2D eigenvalue weighted by Gasteiger charge is -2.21. The Balaban J connectivity index is 1.98. The van der Waals surface area contributed by atoms with Crippen LogP contribution < -0.4 is 14.8 Å². The van der Waals surface area contributed by atoms with E-state index in [1.165, 1.54) is 5.56 Å². The van der Waals surface area contributed by atoms with Crippen molar-refractivity contribution in [1.82, 2.24) is 5.32 Å². The number of hydrogen-bond donors (Lipinski definition) is 1. The molecule has 2 heterocycles. The van der Waals surface area contributed by atoms with Crippen LogP contribution in [-0.2, 0) is 6.42 Å². The first kappa shape index (κ1) is 9.04. The SMILES string of the molecule is COc1cccc2c1OC1(CCNC1)C2. The Labute approximate surface area is 89.4 Å². The normalized spacial score (nSPS) is 27.8. The van der Waals surface area contributed by atoms with Crippen molar-refractivity contribution in [2.24, 2.45) is 0 Å². The van der Waals surface area contributed by atoms with E-state index in [0.29, 0.717) is 0 Å². The molecule has 0 aromatic heterocycles. The molecule has 2 aliphatic rings. The minimum atomic E-state index is -0.00301. The van der Waals surface area contributed by atoms with E-state index in [4.69, 9.17) is 9.47 Å². The smallest absolute Gasteiger partial charge is 0.165 e. The molecule has 3 rings (SSSR count). The Bertz CT molecular complexity index is 383. The zero-order valence-electron chi connectivity index (χ0n) is 8.88. The van der Waals surface area contributed by atoms with Crippen LogP contribution in [0.2, 0.25) is 0 Å². The van der Waals surface area contributed by atoms with Gasteiger partial charge in [-0.1, -0.05) is 12.1 Å². The largest absolute Gasteiger partial charge is 0.493 e. The maximum absolute atomic E-state index is 6.09. The Hall–Kier alpha value is -1.22. The number of fused-ring (bicyclic) bond motifs is 1. The summed E-state index contributed by atoms with van der Waals surface area (Å²) in [5.41, 5.74) is 1.27. The molecule has 0 radical (unpaired) electrons. The summed E-state index contributed by atoms with van der Waals surface area (Å²) in [6.45, 7) is 2.00. The average Bonchev–Trinajstić information content (AvgIpc) is 2.84. The molecule has 0 bridgehead atoms. The summed E-state index contributed by atoms with van der Waals surface area (Å²) in [5, 5.41) is 3.36. The quantitative estimate of drug-likeness (QED) is 0.751. The fourth-order valence-electron chi connectivity index (χ4n) is 2.54. The molecular weight excluding hydrogens is 190 g/mol. The molecule has 0 aliphatic carbocycles. The van der Waals surface area contributed by atoms with E-state index in [9.17, 15) is 0 Å². The highest BCUT2D eigenvalue weighted by molar-refractivity contribution is 5.50. The highest BCUT2D eigenvalue weighted by Crippen LogP contribution is 2.43. The number of methoxy groups -OCH3 is 1. The van der Waals surface area contributed by atoms with Crippen molar-refractivity contribution in [2.75, 3.05) is 20.2 Å². The van der Waals surface area contributed by atoms with Crippen molar-refractivity contribution in [3.05, 3.63) is 23.8 Å². The monoisotopic (exact) mass is 205 g/mol. The number of rotatable bonds is 1. The van der Waals surface area contributed by atoms with Gasteiger partial charge >= 0.3 is 0 Å². The highest BCUT2D eigenvalue weighted by atomic mass is 16.5. The maximum atomic E-state index is 6.09. The highest BCUT2D eigenvalue weighted by Gasteiger charge is 2.42. The first-order valence-electron chi connectivity index (χ1n) is 5.39. The van der Waals surface area contributed by atoms with E-state index in [1.807, 2.05) is 12.1 Å². The van der Waals surface area contributed by atoms with Gasteiger partial charge in [-0.25, -0.2) is 0 Å². The van der Waals surface area contributed by atoms with Gasteiger partial charge in [0, 0.05) is 24.9 Å². The van der Waals surface area contributed by atoms with Crippen LogP contribution in [0, 0.1) is 0 Å². The van der Waals surface area contributed by atoms with Gasteiger partial charge in [0.1, 0.15) is 5.60 Å². The molecule has 1 atom stereocenters. The summed E-state index contributed by atoms with van der Waals surface area (Å²) in [4.78, 5) is 0. The van der Waals surface area contributed by atoms with Crippen molar-refractivity contribution in [3.63, 3.8) is 0 Å². The fourth-order valence-corrected chi connectivity index (χ4v) is 2.54. The lowest BCUT2D eigenvalue weighted by Crippen LogP contribution is -2.36. The van der Waals surface area contributed by atoms with Crippen LogP contribution in [0.4, 0.5) is 0 Å². The Kier molecular flexibility index (Phi) is 1.89. The second-order valence-corrected chi connectivity index (χ2v) is 4.34. The summed E-state index contributed by atoms with van der Waals surface area (Å²) in [6, 6.07) is 6.12. The van der Waals surface area contributed by atoms with Crippen LogP contribution in [0.25, 0.3) is 0 Å². The Morgan fingerprint density at radius 3 is 3.13 bits per heavy atom. The lowest BCUT2D eigenvalue weighted by atomic mass is 9.96. The number of para-hydroxylation sites is 1. The third-order valence-electron chi connectivity index (χ3n) is 3.32. The van der Waals surface area contributed by atoms with Crippen LogP contribution in [0.5, 0.6) is 11.5 Å². The molecule has 3 nitrogen and oxygen atoms in total. The molecule has 15 heavy (non-hydrogen) atoms. The van der Waals surface area contributed by atoms with Gasteiger partial charge in [0.25, 0.3) is 0 Å². The third-order valence-corrected chi connectivity index (χ3v) is 3.32. The van der Waals surface area contributed by atoms with Gasteiger partial charge in [-0.05, 0) is 12.6 Å². The van der Waals surface area contributed by atoms with Crippen molar-refractivity contribution < 1.29 is 9.47 Å². The standard InChI is InChI=1S/C12H15NO2/c1-14-10-4-2-3-9-7-12(15-11(9)10)5-6-13-8-12/h2-4,13H,5-8H2,1H3. The van der Waals surface area contributed by atoms with Crippen LogP contribution in [0.3, 0.4) is 0 Å². The molecule has 1 N–H and O–H groups in total. The van der Waals surface area contributed by atoms with Gasteiger partial charge in [0.15, 0.2) is 11.5 Å². The molecule has 3 heteroatoms.